The van der Waals surface area contributed by atoms with E-state index < -0.39 is 11.5 Å². The SMILES string of the molecule is C[C@](N)(Cc1ccc(O)c(O)c1)C(=O)OCCNC(=O)c1ccccc1. The molecule has 0 aromatic heterocycles. The van der Waals surface area contributed by atoms with Gasteiger partial charge in [0.25, 0.3) is 5.91 Å². The van der Waals surface area contributed by atoms with Gasteiger partial charge in [-0.1, -0.05) is 24.3 Å². The van der Waals surface area contributed by atoms with Gasteiger partial charge >= 0.3 is 5.97 Å². The van der Waals surface area contributed by atoms with Crippen LogP contribution in [0, 0.1) is 0 Å². The summed E-state index contributed by atoms with van der Waals surface area (Å²) < 4.78 is 5.13. The molecule has 0 bridgehead atoms. The molecule has 7 nitrogen and oxygen atoms in total. The molecule has 0 radical (unpaired) electrons. The molecule has 1 amide bonds. The highest BCUT2D eigenvalue weighted by Crippen LogP contribution is 2.26. The third-order valence-corrected chi connectivity index (χ3v) is 3.73. The number of amides is 1. The molecule has 5 N–H and O–H groups in total. The van der Waals surface area contributed by atoms with Crippen LogP contribution in [0.4, 0.5) is 0 Å². The number of esters is 1. The van der Waals surface area contributed by atoms with E-state index in [1.165, 1.54) is 19.1 Å². The molecule has 26 heavy (non-hydrogen) atoms. The lowest BCUT2D eigenvalue weighted by molar-refractivity contribution is -0.149. The number of carbonyl (C=O) groups is 2. The largest absolute Gasteiger partial charge is 0.504 e. The number of nitrogens with one attached hydrogen (secondary N) is 1. The molecule has 0 fully saturated rings. The zero-order valence-electron chi connectivity index (χ0n) is 14.4. The molecule has 0 saturated heterocycles. The maximum Gasteiger partial charge on any atom is 0.326 e. The van der Waals surface area contributed by atoms with Gasteiger partial charge in [-0.25, -0.2) is 0 Å². The van der Waals surface area contributed by atoms with E-state index in [1.54, 1.807) is 30.3 Å². The standard InChI is InChI=1S/C19H22N2O5/c1-19(20,12-13-7-8-15(22)16(23)11-13)18(25)26-10-9-21-17(24)14-5-3-2-4-6-14/h2-8,11,22-23H,9-10,12,20H2,1H3,(H,21,24)/t19-/m0/s1. The number of hydrogen-bond donors (Lipinski definition) is 4. The highest BCUT2D eigenvalue weighted by molar-refractivity contribution is 5.94. The number of rotatable bonds is 7. The predicted octanol–water partition coefficient (Wildman–Crippen LogP) is 1.33. The van der Waals surface area contributed by atoms with E-state index in [4.69, 9.17) is 10.5 Å². The minimum Gasteiger partial charge on any atom is -0.504 e. The predicted molar refractivity (Wildman–Crippen MR) is 95.8 cm³/mol. The van der Waals surface area contributed by atoms with Crippen LogP contribution in [-0.4, -0.2) is 40.8 Å². The first-order valence-corrected chi connectivity index (χ1v) is 8.10. The fourth-order valence-corrected chi connectivity index (χ4v) is 2.34. The summed E-state index contributed by atoms with van der Waals surface area (Å²) in [5.74, 6) is -1.41. The van der Waals surface area contributed by atoms with Crippen molar-refractivity contribution in [1.29, 1.82) is 0 Å². The number of phenolic OH excluding ortho intramolecular Hbond substituents is 2. The van der Waals surface area contributed by atoms with Crippen LogP contribution < -0.4 is 11.1 Å². The number of ether oxygens (including phenoxy) is 1. The lowest BCUT2D eigenvalue weighted by atomic mass is 9.94. The molecule has 2 aromatic carbocycles. The molecule has 1 atom stereocenters. The Morgan fingerprint density at radius 2 is 1.81 bits per heavy atom. The van der Waals surface area contributed by atoms with Gasteiger partial charge in [-0.2, -0.15) is 0 Å². The van der Waals surface area contributed by atoms with Gasteiger partial charge in [0.15, 0.2) is 11.5 Å². The first-order valence-electron chi connectivity index (χ1n) is 8.10. The third-order valence-electron chi connectivity index (χ3n) is 3.73. The van der Waals surface area contributed by atoms with Crippen molar-refractivity contribution in [2.45, 2.75) is 18.9 Å². The summed E-state index contributed by atoms with van der Waals surface area (Å²) in [7, 11) is 0. The molecular weight excluding hydrogens is 336 g/mol. The minimum absolute atomic E-state index is 0.00890. The fourth-order valence-electron chi connectivity index (χ4n) is 2.34. The Balaban J connectivity index is 1.80. The number of nitrogens with two attached hydrogens (primary N) is 1. The van der Waals surface area contributed by atoms with Crippen LogP contribution >= 0.6 is 0 Å². The summed E-state index contributed by atoms with van der Waals surface area (Å²) in [5.41, 5.74) is 5.80. The minimum atomic E-state index is -1.31. The first-order chi connectivity index (χ1) is 12.3. The molecule has 0 aliphatic heterocycles. The van der Waals surface area contributed by atoms with Gasteiger partial charge in [-0.3, -0.25) is 9.59 Å². The first kappa shape index (κ1) is 19.3. The van der Waals surface area contributed by atoms with Crippen LogP contribution in [0.5, 0.6) is 11.5 Å². The summed E-state index contributed by atoms with van der Waals surface area (Å²) in [6, 6.07) is 12.9. The Morgan fingerprint density at radius 1 is 1.12 bits per heavy atom. The Labute approximate surface area is 151 Å². The van der Waals surface area contributed by atoms with Crippen LogP contribution in [0.2, 0.25) is 0 Å². The Kier molecular flexibility index (Phi) is 6.19. The van der Waals surface area contributed by atoms with Crippen molar-refractivity contribution >= 4 is 11.9 Å². The van der Waals surface area contributed by atoms with E-state index in [9.17, 15) is 19.8 Å². The Hall–Kier alpha value is -3.06. The van der Waals surface area contributed by atoms with Crippen molar-refractivity contribution in [3.05, 3.63) is 59.7 Å². The molecular formula is C19H22N2O5. The van der Waals surface area contributed by atoms with Gasteiger partial charge in [0.1, 0.15) is 12.1 Å². The molecule has 2 rings (SSSR count). The van der Waals surface area contributed by atoms with Gasteiger partial charge in [0, 0.05) is 12.0 Å². The van der Waals surface area contributed by atoms with E-state index >= 15 is 0 Å². The van der Waals surface area contributed by atoms with Crippen molar-refractivity contribution < 1.29 is 24.5 Å². The molecule has 0 unspecified atom stereocenters. The molecule has 0 saturated carbocycles. The van der Waals surface area contributed by atoms with Crippen molar-refractivity contribution in [2.75, 3.05) is 13.2 Å². The Bertz CT molecular complexity index is 775. The Morgan fingerprint density at radius 3 is 2.46 bits per heavy atom. The van der Waals surface area contributed by atoms with Crippen LogP contribution in [0.3, 0.4) is 0 Å². The van der Waals surface area contributed by atoms with Crippen LogP contribution in [0.1, 0.15) is 22.8 Å². The second-order valence-corrected chi connectivity index (χ2v) is 6.18. The molecule has 138 valence electrons. The van der Waals surface area contributed by atoms with Crippen molar-refractivity contribution in [1.82, 2.24) is 5.32 Å². The zero-order valence-corrected chi connectivity index (χ0v) is 14.4. The summed E-state index contributed by atoms with van der Waals surface area (Å²) in [5, 5.41) is 21.5. The number of benzene rings is 2. The summed E-state index contributed by atoms with van der Waals surface area (Å²) in [6.07, 6.45) is 0.121. The average Bonchev–Trinajstić information content (AvgIpc) is 2.62. The van der Waals surface area contributed by atoms with Crippen LogP contribution in [-0.2, 0) is 16.0 Å². The van der Waals surface area contributed by atoms with Gasteiger partial charge in [0.05, 0.1) is 6.54 Å². The van der Waals surface area contributed by atoms with E-state index in [2.05, 4.69) is 5.32 Å². The quantitative estimate of drug-likeness (QED) is 0.336. The fraction of sp³-hybridized carbons (Fsp3) is 0.263. The highest BCUT2D eigenvalue weighted by Gasteiger charge is 2.30. The normalized spacial score (nSPS) is 12.8. The van der Waals surface area contributed by atoms with Crippen molar-refractivity contribution in [3.8, 4) is 11.5 Å². The molecule has 0 heterocycles. The smallest absolute Gasteiger partial charge is 0.326 e. The van der Waals surface area contributed by atoms with Gasteiger partial charge in [-0.05, 0) is 36.8 Å². The lowest BCUT2D eigenvalue weighted by Crippen LogP contribution is -2.48. The van der Waals surface area contributed by atoms with E-state index in [0.29, 0.717) is 11.1 Å². The molecule has 7 heteroatoms. The maximum atomic E-state index is 12.2. The molecule has 0 aliphatic carbocycles. The second-order valence-electron chi connectivity index (χ2n) is 6.18. The van der Waals surface area contributed by atoms with E-state index in [-0.39, 0.29) is 37.0 Å². The maximum absolute atomic E-state index is 12.2. The van der Waals surface area contributed by atoms with Crippen LogP contribution in [0.15, 0.2) is 48.5 Å². The monoisotopic (exact) mass is 358 g/mol. The zero-order chi connectivity index (χ0) is 19.2. The topological polar surface area (TPSA) is 122 Å². The number of aromatic hydroxyl groups is 2. The average molecular weight is 358 g/mol. The number of hydrogen-bond acceptors (Lipinski definition) is 6. The van der Waals surface area contributed by atoms with Gasteiger partial charge in [0.2, 0.25) is 0 Å². The summed E-state index contributed by atoms with van der Waals surface area (Å²) >= 11 is 0. The lowest BCUT2D eigenvalue weighted by Gasteiger charge is -2.22. The van der Waals surface area contributed by atoms with E-state index in [0.717, 1.165) is 0 Å². The van der Waals surface area contributed by atoms with Gasteiger partial charge in [-0.15, -0.1) is 0 Å². The molecule has 0 aliphatic rings. The van der Waals surface area contributed by atoms with E-state index in [1.807, 2.05) is 6.07 Å². The highest BCUT2D eigenvalue weighted by atomic mass is 16.5. The van der Waals surface area contributed by atoms with Crippen molar-refractivity contribution in [2.24, 2.45) is 5.73 Å². The van der Waals surface area contributed by atoms with Gasteiger partial charge < -0.3 is 26.0 Å². The number of phenols is 2. The summed E-state index contributed by atoms with van der Waals surface area (Å²) in [4.78, 5) is 24.0. The van der Waals surface area contributed by atoms with Crippen molar-refractivity contribution in [3.63, 3.8) is 0 Å². The van der Waals surface area contributed by atoms with Crippen LogP contribution in [0.25, 0.3) is 0 Å². The second kappa shape index (κ2) is 8.35. The number of carbonyl (C=O) groups excluding carboxylic acids is 2. The summed E-state index contributed by atoms with van der Waals surface area (Å²) in [6.45, 7) is 1.67. The molecule has 0 spiro atoms. The third kappa shape index (κ3) is 5.22. The molecule has 2 aromatic rings.